The summed E-state index contributed by atoms with van der Waals surface area (Å²) in [5, 5.41) is 13.6. The molecule has 1 heterocycles. The summed E-state index contributed by atoms with van der Waals surface area (Å²) >= 11 is 0. The highest BCUT2D eigenvalue weighted by atomic mass is 16.3. The maximum atomic E-state index is 12.3. The minimum atomic E-state index is -1.69. The first-order valence-electron chi connectivity index (χ1n) is 6.72. The Morgan fingerprint density at radius 2 is 2.00 bits per heavy atom. The van der Waals surface area contributed by atoms with Crippen molar-refractivity contribution < 1.29 is 14.7 Å². The monoisotopic (exact) mass is 259 g/mol. The normalized spacial score (nSPS) is 34.0. The van der Waals surface area contributed by atoms with Crippen LogP contribution in [0.15, 0.2) is 24.3 Å². The van der Waals surface area contributed by atoms with E-state index in [9.17, 15) is 14.7 Å². The van der Waals surface area contributed by atoms with Crippen LogP contribution in [0.5, 0.6) is 0 Å². The summed E-state index contributed by atoms with van der Waals surface area (Å²) < 4.78 is 0. The van der Waals surface area contributed by atoms with Crippen LogP contribution in [0.1, 0.15) is 31.7 Å². The topological polar surface area (TPSA) is 66.4 Å². The fraction of sp³-hybridized carbons (Fsp3) is 0.467. The lowest BCUT2D eigenvalue weighted by Gasteiger charge is -2.35. The van der Waals surface area contributed by atoms with E-state index in [1.165, 1.54) is 0 Å². The van der Waals surface area contributed by atoms with E-state index in [2.05, 4.69) is 5.32 Å². The second kappa shape index (κ2) is 4.17. The van der Waals surface area contributed by atoms with E-state index < -0.39 is 17.4 Å². The molecule has 100 valence electrons. The number of hydrogen-bond donors (Lipinski definition) is 2. The number of amides is 1. The molecule has 4 heteroatoms. The van der Waals surface area contributed by atoms with Crippen molar-refractivity contribution >= 4 is 17.4 Å². The molecule has 3 rings (SSSR count). The Balaban J connectivity index is 2.07. The highest BCUT2D eigenvalue weighted by molar-refractivity contribution is 6.08. The smallest absolute Gasteiger partial charge is 0.261 e. The third-order valence-electron chi connectivity index (χ3n) is 4.40. The van der Waals surface area contributed by atoms with Gasteiger partial charge in [-0.25, -0.2) is 0 Å². The molecule has 2 N–H and O–H groups in total. The number of fused-ring (bicyclic) bond motifs is 1. The molecule has 0 spiro atoms. The molecule has 0 unspecified atom stereocenters. The lowest BCUT2D eigenvalue weighted by molar-refractivity contribution is -0.152. The van der Waals surface area contributed by atoms with E-state index in [0.717, 1.165) is 12.8 Å². The molecule has 1 aromatic rings. The molecule has 3 atom stereocenters. The van der Waals surface area contributed by atoms with Gasteiger partial charge in [-0.3, -0.25) is 9.59 Å². The van der Waals surface area contributed by atoms with Crippen LogP contribution in [0.4, 0.5) is 5.69 Å². The van der Waals surface area contributed by atoms with Crippen molar-refractivity contribution in [3.8, 4) is 0 Å². The Morgan fingerprint density at radius 3 is 2.79 bits per heavy atom. The summed E-state index contributed by atoms with van der Waals surface area (Å²) in [6, 6.07) is 7.05. The van der Waals surface area contributed by atoms with Crippen molar-refractivity contribution in [2.24, 2.45) is 11.8 Å². The average Bonchev–Trinajstić information content (AvgIpc) is 2.66. The highest BCUT2D eigenvalue weighted by Crippen LogP contribution is 2.45. The van der Waals surface area contributed by atoms with Gasteiger partial charge in [0.1, 0.15) is 5.78 Å². The van der Waals surface area contributed by atoms with Gasteiger partial charge in [0, 0.05) is 17.2 Å². The van der Waals surface area contributed by atoms with E-state index in [4.69, 9.17) is 0 Å². The maximum Gasteiger partial charge on any atom is 0.261 e. The second-order valence-electron chi connectivity index (χ2n) is 5.55. The van der Waals surface area contributed by atoms with Gasteiger partial charge in [0.25, 0.3) is 5.91 Å². The number of aliphatic hydroxyl groups is 1. The minimum Gasteiger partial charge on any atom is -0.375 e. The zero-order valence-corrected chi connectivity index (χ0v) is 10.8. The van der Waals surface area contributed by atoms with Gasteiger partial charge in [0.2, 0.25) is 0 Å². The first kappa shape index (κ1) is 12.4. The highest BCUT2D eigenvalue weighted by Gasteiger charge is 2.54. The van der Waals surface area contributed by atoms with Gasteiger partial charge in [0.15, 0.2) is 5.60 Å². The number of carbonyl (C=O) groups excluding carboxylic acids is 2. The van der Waals surface area contributed by atoms with Gasteiger partial charge in [-0.1, -0.05) is 31.5 Å². The molecule has 2 aliphatic rings. The molecule has 0 aromatic heterocycles. The Labute approximate surface area is 111 Å². The lowest BCUT2D eigenvalue weighted by atomic mass is 9.70. The van der Waals surface area contributed by atoms with Crippen molar-refractivity contribution in [1.82, 2.24) is 0 Å². The van der Waals surface area contributed by atoms with Crippen LogP contribution in [-0.2, 0) is 15.2 Å². The van der Waals surface area contributed by atoms with Gasteiger partial charge in [-0.05, 0) is 18.9 Å². The molecule has 1 aliphatic carbocycles. The van der Waals surface area contributed by atoms with E-state index in [0.29, 0.717) is 17.7 Å². The van der Waals surface area contributed by atoms with Crippen LogP contribution in [-0.4, -0.2) is 16.8 Å². The van der Waals surface area contributed by atoms with E-state index in [1.807, 2.05) is 6.92 Å². The zero-order valence-electron chi connectivity index (χ0n) is 10.8. The quantitative estimate of drug-likeness (QED) is 0.808. The fourth-order valence-corrected chi connectivity index (χ4v) is 3.28. The third-order valence-corrected chi connectivity index (χ3v) is 4.40. The van der Waals surface area contributed by atoms with Crippen molar-refractivity contribution in [3.63, 3.8) is 0 Å². The van der Waals surface area contributed by atoms with Crippen molar-refractivity contribution in [2.75, 3.05) is 5.32 Å². The van der Waals surface area contributed by atoms with Gasteiger partial charge < -0.3 is 10.4 Å². The first-order valence-corrected chi connectivity index (χ1v) is 6.72. The van der Waals surface area contributed by atoms with Crippen molar-refractivity contribution in [3.05, 3.63) is 29.8 Å². The number of para-hydroxylation sites is 1. The molecule has 1 amide bonds. The summed E-state index contributed by atoms with van der Waals surface area (Å²) in [6.07, 6.45) is 2.28. The van der Waals surface area contributed by atoms with Crippen molar-refractivity contribution in [2.45, 2.75) is 31.8 Å². The predicted octanol–water partition coefficient (Wildman–Crippen LogP) is 1.83. The number of rotatable bonds is 1. The van der Waals surface area contributed by atoms with Gasteiger partial charge in [-0.2, -0.15) is 0 Å². The molecular formula is C15H17NO3. The summed E-state index contributed by atoms with van der Waals surface area (Å²) in [4.78, 5) is 24.5. The number of anilines is 1. The summed E-state index contributed by atoms with van der Waals surface area (Å²) in [6.45, 7) is 1.87. The number of ketones is 1. The maximum absolute atomic E-state index is 12.3. The number of nitrogens with one attached hydrogen (secondary N) is 1. The molecule has 0 radical (unpaired) electrons. The van der Waals surface area contributed by atoms with Gasteiger partial charge in [0.05, 0.1) is 5.92 Å². The first-order chi connectivity index (χ1) is 9.05. The molecular weight excluding hydrogens is 242 g/mol. The molecule has 0 bridgehead atoms. The fourth-order valence-electron chi connectivity index (χ4n) is 3.28. The summed E-state index contributed by atoms with van der Waals surface area (Å²) in [5.74, 6) is -1.18. The standard InChI is InChI=1S/C15H17NO3/c1-9-5-4-7-11(13(9)17)15(19)10-6-2-3-8-12(10)16-14(15)18/h2-3,6,8-9,11,19H,4-5,7H2,1H3,(H,16,18)/t9-,11+,15+/m0/s1. The van der Waals surface area contributed by atoms with Crippen LogP contribution >= 0.6 is 0 Å². The molecule has 4 nitrogen and oxygen atoms in total. The van der Waals surface area contributed by atoms with Gasteiger partial charge >= 0.3 is 0 Å². The zero-order chi connectivity index (χ0) is 13.6. The molecule has 0 saturated heterocycles. The third kappa shape index (κ3) is 1.63. The Morgan fingerprint density at radius 1 is 1.26 bits per heavy atom. The predicted molar refractivity (Wildman–Crippen MR) is 70.5 cm³/mol. The average molecular weight is 259 g/mol. The number of hydrogen-bond acceptors (Lipinski definition) is 3. The largest absolute Gasteiger partial charge is 0.375 e. The minimum absolute atomic E-state index is 0.000558. The van der Waals surface area contributed by atoms with Crippen LogP contribution in [0.2, 0.25) is 0 Å². The molecule has 19 heavy (non-hydrogen) atoms. The SMILES string of the molecule is C[C@H]1CCC[C@@H]([C@@]2(O)C(=O)Nc3ccccc32)C1=O. The van der Waals surface area contributed by atoms with Crippen molar-refractivity contribution in [1.29, 1.82) is 0 Å². The Bertz CT molecular complexity index is 554. The van der Waals surface area contributed by atoms with E-state index >= 15 is 0 Å². The second-order valence-corrected chi connectivity index (χ2v) is 5.55. The number of carbonyl (C=O) groups is 2. The van der Waals surface area contributed by atoms with Crippen LogP contribution in [0.3, 0.4) is 0 Å². The van der Waals surface area contributed by atoms with Crippen LogP contribution in [0.25, 0.3) is 0 Å². The lowest BCUT2D eigenvalue weighted by Crippen LogP contribution is -2.48. The van der Waals surface area contributed by atoms with Crippen LogP contribution < -0.4 is 5.32 Å². The Kier molecular flexibility index (Phi) is 2.71. The van der Waals surface area contributed by atoms with E-state index in [-0.39, 0.29) is 11.7 Å². The van der Waals surface area contributed by atoms with Gasteiger partial charge in [-0.15, -0.1) is 0 Å². The molecule has 1 aromatic carbocycles. The van der Waals surface area contributed by atoms with Crippen LogP contribution in [0, 0.1) is 11.8 Å². The van der Waals surface area contributed by atoms with E-state index in [1.54, 1.807) is 24.3 Å². The molecule has 1 aliphatic heterocycles. The molecule has 1 fully saturated rings. The summed E-state index contributed by atoms with van der Waals surface area (Å²) in [5.41, 5.74) is -0.545. The number of benzene rings is 1. The Hall–Kier alpha value is -1.68. The molecule has 1 saturated carbocycles. The summed E-state index contributed by atoms with van der Waals surface area (Å²) in [7, 11) is 0. The number of Topliss-reactive ketones (excluding diaryl/α,β-unsaturated/α-hetero) is 1.